The topological polar surface area (TPSA) is 60.0 Å². The quantitative estimate of drug-likeness (QED) is 0.494. The zero-order chi connectivity index (χ0) is 22.8. The summed E-state index contributed by atoms with van der Waals surface area (Å²) < 4.78 is 0. The summed E-state index contributed by atoms with van der Waals surface area (Å²) in [6.07, 6.45) is 3.02. The molecule has 1 unspecified atom stereocenters. The van der Waals surface area contributed by atoms with Crippen molar-refractivity contribution in [3.63, 3.8) is 0 Å². The summed E-state index contributed by atoms with van der Waals surface area (Å²) >= 11 is 0. The van der Waals surface area contributed by atoms with Gasteiger partial charge in [0, 0.05) is 45.8 Å². The van der Waals surface area contributed by atoms with E-state index in [0.717, 1.165) is 44.9 Å². The Labute approximate surface area is 192 Å². The molecule has 0 saturated carbocycles. The Balaban J connectivity index is 1.53. The number of guanidine groups is 1. The summed E-state index contributed by atoms with van der Waals surface area (Å²) in [6, 6.07) is 21.9. The lowest BCUT2D eigenvalue weighted by Crippen LogP contribution is -2.49. The van der Waals surface area contributed by atoms with Gasteiger partial charge in [0.2, 0.25) is 5.91 Å². The smallest absolute Gasteiger partial charge is 0.243 e. The Bertz CT molecular complexity index is 845. The molecule has 1 atom stereocenters. The molecule has 1 amide bonds. The molecule has 0 spiro atoms. The van der Waals surface area contributed by atoms with Crippen molar-refractivity contribution in [3.05, 3.63) is 71.8 Å². The number of hydrogen-bond acceptors (Lipinski definition) is 3. The van der Waals surface area contributed by atoms with Gasteiger partial charge >= 0.3 is 0 Å². The number of likely N-dealkylation sites (N-methyl/N-ethyl adjacent to an activating group) is 1. The van der Waals surface area contributed by atoms with Crippen LogP contribution in [0.4, 0.5) is 0 Å². The second-order valence-electron chi connectivity index (χ2n) is 8.66. The minimum atomic E-state index is 0.000615. The Hall–Kier alpha value is -2.86. The fourth-order valence-electron chi connectivity index (χ4n) is 3.98. The van der Waals surface area contributed by atoms with Crippen LogP contribution in [0.3, 0.4) is 0 Å². The van der Waals surface area contributed by atoms with E-state index in [1.165, 1.54) is 11.1 Å². The first kappa shape index (κ1) is 23.8. The molecule has 0 bridgehead atoms. The summed E-state index contributed by atoms with van der Waals surface area (Å²) in [5.41, 5.74) is 2.65. The molecule has 32 heavy (non-hydrogen) atoms. The van der Waals surface area contributed by atoms with E-state index in [0.29, 0.717) is 12.1 Å². The van der Waals surface area contributed by atoms with Gasteiger partial charge in [-0.25, -0.2) is 4.99 Å². The van der Waals surface area contributed by atoms with E-state index < -0.39 is 0 Å². The highest BCUT2D eigenvalue weighted by Gasteiger charge is 2.24. The second-order valence-corrected chi connectivity index (χ2v) is 8.66. The van der Waals surface area contributed by atoms with Crippen LogP contribution in [0.25, 0.3) is 0 Å². The maximum Gasteiger partial charge on any atom is 0.243 e. The van der Waals surface area contributed by atoms with Crippen LogP contribution in [-0.2, 0) is 11.2 Å². The van der Waals surface area contributed by atoms with Crippen LogP contribution in [0.15, 0.2) is 65.7 Å². The summed E-state index contributed by atoms with van der Waals surface area (Å²) in [5.74, 6) is 0.728. The largest absolute Gasteiger partial charge is 0.356 e. The molecule has 1 heterocycles. The molecular weight excluding hydrogens is 398 g/mol. The lowest BCUT2D eigenvalue weighted by atomic mass is 10.0. The number of benzene rings is 2. The molecule has 2 aromatic carbocycles. The number of amides is 1. The summed E-state index contributed by atoms with van der Waals surface area (Å²) in [6.45, 7) is 5.30. The Morgan fingerprint density at radius 3 is 2.31 bits per heavy atom. The first-order valence-electron chi connectivity index (χ1n) is 11.6. The molecule has 1 fully saturated rings. The monoisotopic (exact) mass is 435 g/mol. The highest BCUT2D eigenvalue weighted by Crippen LogP contribution is 2.23. The number of nitrogens with zero attached hydrogens (tertiary/aromatic N) is 3. The molecule has 0 radical (unpaired) electrons. The third-order valence-electron chi connectivity index (χ3n) is 6.12. The van der Waals surface area contributed by atoms with Crippen molar-refractivity contribution in [1.29, 1.82) is 0 Å². The van der Waals surface area contributed by atoms with Crippen LogP contribution in [0, 0.1) is 0 Å². The first-order chi connectivity index (χ1) is 15.5. The molecule has 0 aliphatic carbocycles. The third kappa shape index (κ3) is 7.38. The van der Waals surface area contributed by atoms with E-state index in [4.69, 9.17) is 0 Å². The minimum Gasteiger partial charge on any atom is -0.356 e. The Morgan fingerprint density at radius 2 is 1.69 bits per heavy atom. The summed E-state index contributed by atoms with van der Waals surface area (Å²) in [4.78, 5) is 20.7. The SMILES string of the molecule is CC(c1ccccc1)N1CCC(NC(=NCC(=O)N(C)C)NCCc2ccccc2)CC1. The zero-order valence-electron chi connectivity index (χ0n) is 19.6. The van der Waals surface area contributed by atoms with Crippen molar-refractivity contribution >= 4 is 11.9 Å². The lowest BCUT2D eigenvalue weighted by Gasteiger charge is -2.37. The molecule has 6 nitrogen and oxygen atoms in total. The number of rotatable bonds is 8. The first-order valence-corrected chi connectivity index (χ1v) is 11.6. The van der Waals surface area contributed by atoms with E-state index in [2.05, 4.69) is 82.0 Å². The molecule has 2 aromatic rings. The standard InChI is InChI=1S/C26H37N5O/c1-21(23-12-8-5-9-13-23)31-18-15-24(16-19-31)29-26(28-20-25(32)30(2)3)27-17-14-22-10-6-4-7-11-22/h4-13,21,24H,14-20H2,1-3H3,(H2,27,28,29). The number of carbonyl (C=O) groups is 1. The van der Waals surface area contributed by atoms with Gasteiger partial charge in [-0.1, -0.05) is 60.7 Å². The van der Waals surface area contributed by atoms with Crippen molar-refractivity contribution in [1.82, 2.24) is 20.4 Å². The fraction of sp³-hybridized carbons (Fsp3) is 0.462. The predicted molar refractivity (Wildman–Crippen MR) is 132 cm³/mol. The fourth-order valence-corrected chi connectivity index (χ4v) is 3.98. The van der Waals surface area contributed by atoms with Gasteiger partial charge < -0.3 is 15.5 Å². The summed E-state index contributed by atoms with van der Waals surface area (Å²) in [5, 5.41) is 7.00. The Kier molecular flexibility index (Phi) is 9.11. The van der Waals surface area contributed by atoms with Gasteiger partial charge in [-0.2, -0.15) is 0 Å². The van der Waals surface area contributed by atoms with E-state index in [9.17, 15) is 4.79 Å². The van der Waals surface area contributed by atoms with Crippen molar-refractivity contribution in [2.45, 2.75) is 38.3 Å². The Morgan fingerprint density at radius 1 is 1.06 bits per heavy atom. The van der Waals surface area contributed by atoms with Crippen LogP contribution in [-0.4, -0.2) is 68.0 Å². The van der Waals surface area contributed by atoms with E-state index >= 15 is 0 Å². The number of hydrogen-bond donors (Lipinski definition) is 2. The maximum atomic E-state index is 12.0. The number of nitrogens with one attached hydrogen (secondary N) is 2. The molecule has 1 aliphatic heterocycles. The summed E-state index contributed by atoms with van der Waals surface area (Å²) in [7, 11) is 3.52. The number of aliphatic imine (C=N–C) groups is 1. The average Bonchev–Trinajstić information content (AvgIpc) is 2.83. The van der Waals surface area contributed by atoms with Gasteiger partial charge in [0.1, 0.15) is 6.54 Å². The molecular formula is C26H37N5O. The highest BCUT2D eigenvalue weighted by atomic mass is 16.2. The molecule has 0 aromatic heterocycles. The second kappa shape index (κ2) is 12.2. The van der Waals surface area contributed by atoms with Crippen molar-refractivity contribution in [3.8, 4) is 0 Å². The molecule has 3 rings (SSSR count). The number of carbonyl (C=O) groups excluding carboxylic acids is 1. The average molecular weight is 436 g/mol. The van der Waals surface area contributed by atoms with Crippen molar-refractivity contribution < 1.29 is 4.79 Å². The zero-order valence-corrected chi connectivity index (χ0v) is 19.6. The highest BCUT2D eigenvalue weighted by molar-refractivity contribution is 5.84. The molecule has 1 aliphatic rings. The van der Waals surface area contributed by atoms with Crippen LogP contribution in [0.5, 0.6) is 0 Å². The molecule has 6 heteroatoms. The third-order valence-corrected chi connectivity index (χ3v) is 6.12. The van der Waals surface area contributed by atoms with Crippen LogP contribution in [0.1, 0.15) is 36.9 Å². The van der Waals surface area contributed by atoms with Crippen LogP contribution >= 0.6 is 0 Å². The van der Waals surface area contributed by atoms with E-state index in [1.807, 2.05) is 6.07 Å². The van der Waals surface area contributed by atoms with Crippen LogP contribution < -0.4 is 10.6 Å². The predicted octanol–water partition coefficient (Wildman–Crippen LogP) is 3.08. The molecule has 2 N–H and O–H groups in total. The van der Waals surface area contributed by atoms with E-state index in [-0.39, 0.29) is 12.5 Å². The number of likely N-dealkylation sites (tertiary alicyclic amines) is 1. The normalized spacial score (nSPS) is 16.4. The van der Waals surface area contributed by atoms with Crippen LogP contribution in [0.2, 0.25) is 0 Å². The molecule has 1 saturated heterocycles. The van der Waals surface area contributed by atoms with Crippen molar-refractivity contribution in [2.75, 3.05) is 40.3 Å². The van der Waals surface area contributed by atoms with Gasteiger partial charge in [0.05, 0.1) is 0 Å². The van der Waals surface area contributed by atoms with E-state index in [1.54, 1.807) is 19.0 Å². The number of piperidine rings is 1. The van der Waals surface area contributed by atoms with Gasteiger partial charge in [-0.3, -0.25) is 9.69 Å². The van der Waals surface area contributed by atoms with Crippen molar-refractivity contribution in [2.24, 2.45) is 4.99 Å². The van der Waals surface area contributed by atoms with Gasteiger partial charge in [0.15, 0.2) is 5.96 Å². The van der Waals surface area contributed by atoms with Gasteiger partial charge in [-0.15, -0.1) is 0 Å². The maximum absolute atomic E-state index is 12.0. The molecule has 172 valence electrons. The van der Waals surface area contributed by atoms with Gasteiger partial charge in [0.25, 0.3) is 0 Å². The lowest BCUT2D eigenvalue weighted by molar-refractivity contribution is -0.127. The minimum absolute atomic E-state index is 0.000615. The van der Waals surface area contributed by atoms with Gasteiger partial charge in [-0.05, 0) is 37.3 Å².